The standard InChI is InChI=1S/C15H18ClNO4S/c16-22(19,20)11-15-8-6-13(7-9-15)17(15)14(18)21-10-12-4-2-1-3-5-12/h1-5,13H,6-11H2. The van der Waals surface area contributed by atoms with Gasteiger partial charge in [0.2, 0.25) is 9.05 Å². The van der Waals surface area contributed by atoms with E-state index in [0.717, 1.165) is 18.4 Å². The third-order valence-corrected chi connectivity index (χ3v) is 5.81. The van der Waals surface area contributed by atoms with E-state index in [9.17, 15) is 13.2 Å². The first-order chi connectivity index (χ1) is 10.4. The van der Waals surface area contributed by atoms with Crippen LogP contribution in [-0.2, 0) is 20.4 Å². The van der Waals surface area contributed by atoms with Gasteiger partial charge in [-0.1, -0.05) is 30.3 Å². The number of carbonyl (C=O) groups is 1. The van der Waals surface area contributed by atoms with Gasteiger partial charge >= 0.3 is 6.09 Å². The fourth-order valence-electron chi connectivity index (χ4n) is 3.69. The topological polar surface area (TPSA) is 63.7 Å². The van der Waals surface area contributed by atoms with Crippen LogP contribution in [0, 0.1) is 0 Å². The molecule has 1 aromatic rings. The van der Waals surface area contributed by atoms with Gasteiger partial charge in [0.25, 0.3) is 0 Å². The summed E-state index contributed by atoms with van der Waals surface area (Å²) in [5.41, 5.74) is 0.223. The molecule has 2 aliphatic rings. The Hall–Kier alpha value is -1.27. The van der Waals surface area contributed by atoms with Crippen molar-refractivity contribution in [2.24, 2.45) is 0 Å². The fourth-order valence-corrected chi connectivity index (χ4v) is 5.37. The minimum atomic E-state index is -3.66. The number of fused-ring (bicyclic) bond motifs is 2. The Morgan fingerprint density at radius 2 is 1.91 bits per heavy atom. The van der Waals surface area contributed by atoms with Gasteiger partial charge in [-0.2, -0.15) is 0 Å². The predicted molar refractivity (Wildman–Crippen MR) is 83.1 cm³/mol. The van der Waals surface area contributed by atoms with E-state index in [4.69, 9.17) is 15.4 Å². The molecule has 7 heteroatoms. The molecule has 2 heterocycles. The molecule has 0 spiro atoms. The van der Waals surface area contributed by atoms with Crippen molar-refractivity contribution >= 4 is 25.8 Å². The summed E-state index contributed by atoms with van der Waals surface area (Å²) in [6.45, 7) is 0.187. The van der Waals surface area contributed by atoms with Gasteiger partial charge in [0.05, 0.1) is 11.3 Å². The Bertz CT molecular complexity index is 653. The summed E-state index contributed by atoms with van der Waals surface area (Å²) < 4.78 is 28.4. The molecule has 0 radical (unpaired) electrons. The van der Waals surface area contributed by atoms with Gasteiger partial charge in [-0.3, -0.25) is 4.90 Å². The summed E-state index contributed by atoms with van der Waals surface area (Å²) in [6, 6.07) is 9.48. The minimum absolute atomic E-state index is 0.0710. The number of hydrogen-bond acceptors (Lipinski definition) is 4. The van der Waals surface area contributed by atoms with Crippen LogP contribution in [0.1, 0.15) is 31.2 Å². The highest BCUT2D eigenvalue weighted by atomic mass is 35.7. The van der Waals surface area contributed by atoms with E-state index < -0.39 is 20.7 Å². The van der Waals surface area contributed by atoms with Gasteiger partial charge in [-0.05, 0) is 31.2 Å². The predicted octanol–water partition coefficient (Wildman–Crippen LogP) is 2.89. The number of hydrogen-bond donors (Lipinski definition) is 0. The maximum absolute atomic E-state index is 12.4. The molecule has 1 aromatic carbocycles. The smallest absolute Gasteiger partial charge is 0.410 e. The third kappa shape index (κ3) is 3.08. The number of benzene rings is 1. The highest BCUT2D eigenvalue weighted by Crippen LogP contribution is 2.47. The molecule has 0 saturated carbocycles. The maximum Gasteiger partial charge on any atom is 0.410 e. The summed E-state index contributed by atoms with van der Waals surface area (Å²) in [4.78, 5) is 14.1. The van der Waals surface area contributed by atoms with E-state index >= 15 is 0 Å². The number of nitrogens with zero attached hydrogens (tertiary/aromatic N) is 1. The molecular formula is C15H18ClNO4S. The molecule has 0 unspecified atom stereocenters. The molecule has 3 rings (SSSR count). The molecular weight excluding hydrogens is 326 g/mol. The molecule has 0 atom stereocenters. The van der Waals surface area contributed by atoms with Crippen molar-refractivity contribution in [2.75, 3.05) is 5.75 Å². The first-order valence-electron chi connectivity index (χ1n) is 7.32. The second-order valence-corrected chi connectivity index (χ2v) is 8.83. The second-order valence-electron chi connectivity index (χ2n) is 6.05. The van der Waals surface area contributed by atoms with E-state index in [-0.39, 0.29) is 18.4 Å². The van der Waals surface area contributed by atoms with E-state index in [1.807, 2.05) is 30.3 Å². The third-order valence-electron chi connectivity index (χ3n) is 4.60. The van der Waals surface area contributed by atoms with Crippen molar-refractivity contribution in [3.8, 4) is 0 Å². The molecule has 2 bridgehead atoms. The molecule has 2 saturated heterocycles. The normalized spacial score (nSPS) is 27.1. The van der Waals surface area contributed by atoms with Gasteiger partial charge in [0, 0.05) is 16.7 Å². The quantitative estimate of drug-likeness (QED) is 0.788. The molecule has 5 nitrogen and oxygen atoms in total. The second kappa shape index (κ2) is 5.74. The summed E-state index contributed by atoms with van der Waals surface area (Å²) in [5, 5.41) is 0. The number of rotatable bonds is 4. The van der Waals surface area contributed by atoms with Crippen molar-refractivity contribution in [3.63, 3.8) is 0 Å². The van der Waals surface area contributed by atoms with Gasteiger partial charge in [-0.25, -0.2) is 13.2 Å². The van der Waals surface area contributed by atoms with E-state index in [1.54, 1.807) is 4.90 Å². The van der Waals surface area contributed by atoms with Crippen LogP contribution in [0.2, 0.25) is 0 Å². The first kappa shape index (κ1) is 15.6. The lowest BCUT2D eigenvalue weighted by molar-refractivity contribution is 0.0741. The summed E-state index contributed by atoms with van der Waals surface area (Å²) in [7, 11) is 1.77. The van der Waals surface area contributed by atoms with Crippen molar-refractivity contribution in [2.45, 2.75) is 43.9 Å². The zero-order valence-electron chi connectivity index (χ0n) is 12.1. The van der Waals surface area contributed by atoms with E-state index in [1.165, 1.54) is 0 Å². The van der Waals surface area contributed by atoms with Crippen molar-refractivity contribution in [1.29, 1.82) is 0 Å². The molecule has 0 aromatic heterocycles. The van der Waals surface area contributed by atoms with Gasteiger partial charge in [-0.15, -0.1) is 0 Å². The van der Waals surface area contributed by atoms with Gasteiger partial charge < -0.3 is 4.74 Å². The SMILES string of the molecule is O=C(OCc1ccccc1)N1C2CCC1(CS(=O)(=O)Cl)CC2. The van der Waals surface area contributed by atoms with Crippen LogP contribution in [0.5, 0.6) is 0 Å². The lowest BCUT2D eigenvalue weighted by atomic mass is 9.89. The molecule has 120 valence electrons. The Kier molecular flexibility index (Phi) is 4.07. The van der Waals surface area contributed by atoms with Gasteiger partial charge in [0.15, 0.2) is 0 Å². The highest BCUT2D eigenvalue weighted by molar-refractivity contribution is 8.13. The molecule has 1 amide bonds. The zero-order chi connectivity index (χ0) is 15.8. The molecule has 0 aliphatic carbocycles. The number of amides is 1. The fraction of sp³-hybridized carbons (Fsp3) is 0.533. The molecule has 2 fully saturated rings. The van der Waals surface area contributed by atoms with Crippen LogP contribution in [0.4, 0.5) is 4.79 Å². The Morgan fingerprint density at radius 1 is 1.27 bits per heavy atom. The molecule has 0 N–H and O–H groups in total. The number of halogens is 1. The molecule has 22 heavy (non-hydrogen) atoms. The highest BCUT2D eigenvalue weighted by Gasteiger charge is 2.56. The monoisotopic (exact) mass is 343 g/mol. The average molecular weight is 344 g/mol. The Morgan fingerprint density at radius 3 is 2.50 bits per heavy atom. The van der Waals surface area contributed by atoms with Crippen molar-refractivity contribution in [3.05, 3.63) is 35.9 Å². The maximum atomic E-state index is 12.4. The minimum Gasteiger partial charge on any atom is -0.445 e. The van der Waals surface area contributed by atoms with Crippen LogP contribution < -0.4 is 0 Å². The van der Waals surface area contributed by atoms with Crippen LogP contribution >= 0.6 is 10.7 Å². The Balaban J connectivity index is 1.71. The average Bonchev–Trinajstić information content (AvgIpc) is 2.98. The first-order valence-corrected chi connectivity index (χ1v) is 9.80. The van der Waals surface area contributed by atoms with Gasteiger partial charge in [0.1, 0.15) is 6.61 Å². The van der Waals surface area contributed by atoms with Crippen molar-refractivity contribution < 1.29 is 17.9 Å². The lowest BCUT2D eigenvalue weighted by Crippen LogP contribution is -2.49. The summed E-state index contributed by atoms with van der Waals surface area (Å²) in [6.07, 6.45) is 2.53. The number of ether oxygens (including phenoxy) is 1. The Labute approximate surface area is 134 Å². The lowest BCUT2D eigenvalue weighted by Gasteiger charge is -2.33. The van der Waals surface area contributed by atoms with Crippen LogP contribution in [-0.4, -0.2) is 36.7 Å². The largest absolute Gasteiger partial charge is 0.445 e. The summed E-state index contributed by atoms with van der Waals surface area (Å²) in [5.74, 6) is -0.196. The summed E-state index contributed by atoms with van der Waals surface area (Å²) >= 11 is 0. The van der Waals surface area contributed by atoms with Crippen LogP contribution in [0.3, 0.4) is 0 Å². The van der Waals surface area contributed by atoms with Crippen molar-refractivity contribution in [1.82, 2.24) is 4.90 Å². The van der Waals surface area contributed by atoms with E-state index in [0.29, 0.717) is 12.8 Å². The van der Waals surface area contributed by atoms with E-state index in [2.05, 4.69) is 0 Å². The van der Waals surface area contributed by atoms with Crippen LogP contribution in [0.15, 0.2) is 30.3 Å². The van der Waals surface area contributed by atoms with Crippen LogP contribution in [0.25, 0.3) is 0 Å². The zero-order valence-corrected chi connectivity index (χ0v) is 13.6. The molecule has 2 aliphatic heterocycles. The number of carbonyl (C=O) groups excluding carboxylic acids is 1.